The van der Waals surface area contributed by atoms with Crippen LogP contribution in [-0.4, -0.2) is 15.5 Å². The van der Waals surface area contributed by atoms with Crippen LogP contribution in [0.4, 0.5) is 0 Å². The highest BCUT2D eigenvalue weighted by Crippen LogP contribution is 2.35. The third kappa shape index (κ3) is 3.16. The van der Waals surface area contributed by atoms with E-state index < -0.39 is 0 Å². The molecule has 28 heavy (non-hydrogen) atoms. The zero-order chi connectivity index (χ0) is 18.9. The van der Waals surface area contributed by atoms with Crippen molar-refractivity contribution in [2.45, 2.75) is 37.8 Å². The van der Waals surface area contributed by atoms with Crippen LogP contribution in [0.1, 0.15) is 48.2 Å². The number of aromatic nitrogens is 2. The molecule has 1 aliphatic carbocycles. The molecule has 5 heteroatoms. The first kappa shape index (κ1) is 17.3. The Labute approximate surface area is 168 Å². The molecule has 0 fully saturated rings. The predicted molar refractivity (Wildman–Crippen MR) is 114 cm³/mol. The van der Waals surface area contributed by atoms with E-state index in [9.17, 15) is 4.79 Å². The molecule has 2 atom stereocenters. The average molecular weight is 390 g/mol. The van der Waals surface area contributed by atoms with Gasteiger partial charge in [-0.2, -0.15) is 11.3 Å². The van der Waals surface area contributed by atoms with Crippen LogP contribution in [0.3, 0.4) is 0 Å². The maximum atomic E-state index is 13.0. The number of carbonyl (C=O) groups excluding carboxylic acids is 1. The third-order valence-corrected chi connectivity index (χ3v) is 6.45. The summed E-state index contributed by atoms with van der Waals surface area (Å²) in [6.07, 6.45) is 7.67. The van der Waals surface area contributed by atoms with Crippen molar-refractivity contribution in [2.75, 3.05) is 0 Å². The van der Waals surface area contributed by atoms with Crippen molar-refractivity contribution in [3.05, 3.63) is 82.4 Å². The van der Waals surface area contributed by atoms with E-state index in [4.69, 9.17) is 0 Å². The van der Waals surface area contributed by atoms with E-state index in [0.29, 0.717) is 6.42 Å². The van der Waals surface area contributed by atoms with Gasteiger partial charge in [-0.1, -0.05) is 18.2 Å². The van der Waals surface area contributed by atoms with Crippen molar-refractivity contribution < 1.29 is 4.79 Å². The monoisotopic (exact) mass is 389 g/mol. The first-order valence-electron chi connectivity index (χ1n) is 9.83. The topological polar surface area (TPSA) is 49.8 Å². The zero-order valence-corrected chi connectivity index (χ0v) is 16.4. The first-order chi connectivity index (χ1) is 13.8. The lowest BCUT2D eigenvalue weighted by Gasteiger charge is -2.25. The molecule has 1 aromatic carbocycles. The molecule has 142 valence electrons. The molecule has 5 rings (SSSR count). The van der Waals surface area contributed by atoms with E-state index in [1.165, 1.54) is 22.2 Å². The standard InChI is InChI=1S/C23H23N3OS/c27-22(14-21(16-10-13-28-15-16)26-11-3-4-12-26)24-20-9-5-7-18-17-6-1-2-8-19(17)25-23(18)20/h1-4,6,8,10-13,15,20-21,25H,5,7,9,14H2,(H,24,27)/t20-,21-/m1/s1. The lowest BCUT2D eigenvalue weighted by atomic mass is 9.91. The quantitative estimate of drug-likeness (QED) is 0.484. The van der Waals surface area contributed by atoms with Crippen molar-refractivity contribution in [3.63, 3.8) is 0 Å². The van der Waals surface area contributed by atoms with E-state index in [1.54, 1.807) is 11.3 Å². The SMILES string of the molecule is O=C(C[C@H](c1ccsc1)n1cccc1)N[C@@H]1CCCc2c1[nH]c1ccccc21. The van der Waals surface area contributed by atoms with Gasteiger partial charge < -0.3 is 14.9 Å². The summed E-state index contributed by atoms with van der Waals surface area (Å²) in [5.41, 5.74) is 4.91. The van der Waals surface area contributed by atoms with Crippen LogP contribution >= 0.6 is 11.3 Å². The summed E-state index contributed by atoms with van der Waals surface area (Å²) >= 11 is 1.67. The lowest BCUT2D eigenvalue weighted by molar-refractivity contribution is -0.122. The number of nitrogens with one attached hydrogen (secondary N) is 2. The molecule has 0 saturated heterocycles. The fraction of sp³-hybridized carbons (Fsp3) is 0.261. The molecule has 3 aromatic heterocycles. The van der Waals surface area contributed by atoms with Crippen LogP contribution in [0.5, 0.6) is 0 Å². The van der Waals surface area contributed by atoms with Crippen LogP contribution in [0.2, 0.25) is 0 Å². The number of carbonyl (C=O) groups is 1. The highest BCUT2D eigenvalue weighted by molar-refractivity contribution is 7.08. The van der Waals surface area contributed by atoms with E-state index in [-0.39, 0.29) is 18.0 Å². The molecule has 0 unspecified atom stereocenters. The summed E-state index contributed by atoms with van der Waals surface area (Å²) in [6.45, 7) is 0. The predicted octanol–water partition coefficient (Wildman–Crippen LogP) is 5.20. The normalized spacial score (nSPS) is 17.4. The average Bonchev–Trinajstić information content (AvgIpc) is 3.47. The number of rotatable bonds is 5. The molecule has 4 aromatic rings. The number of aryl methyl sites for hydroxylation is 1. The molecular formula is C23H23N3OS. The Morgan fingerprint density at radius 2 is 2.07 bits per heavy atom. The second-order valence-electron chi connectivity index (χ2n) is 7.48. The Kier molecular flexibility index (Phi) is 4.53. The van der Waals surface area contributed by atoms with Gasteiger partial charge in [0, 0.05) is 29.0 Å². The number of nitrogens with zero attached hydrogens (tertiary/aromatic N) is 1. The number of fused-ring (bicyclic) bond motifs is 3. The van der Waals surface area contributed by atoms with Crippen molar-refractivity contribution in [2.24, 2.45) is 0 Å². The maximum Gasteiger partial charge on any atom is 0.222 e. The van der Waals surface area contributed by atoms with Gasteiger partial charge in [0.05, 0.1) is 18.5 Å². The van der Waals surface area contributed by atoms with Crippen LogP contribution in [0.25, 0.3) is 10.9 Å². The Hall–Kier alpha value is -2.79. The van der Waals surface area contributed by atoms with E-state index >= 15 is 0 Å². The molecule has 0 saturated carbocycles. The summed E-state index contributed by atoms with van der Waals surface area (Å²) in [4.78, 5) is 16.6. The van der Waals surface area contributed by atoms with Crippen LogP contribution in [-0.2, 0) is 11.2 Å². The molecule has 1 amide bonds. The van der Waals surface area contributed by atoms with Gasteiger partial charge in [-0.25, -0.2) is 0 Å². The fourth-order valence-electron chi connectivity index (χ4n) is 4.40. The summed E-state index contributed by atoms with van der Waals surface area (Å²) < 4.78 is 2.12. The van der Waals surface area contributed by atoms with Gasteiger partial charge in [0.25, 0.3) is 0 Å². The largest absolute Gasteiger partial charge is 0.356 e. The Morgan fingerprint density at radius 1 is 1.21 bits per heavy atom. The number of amides is 1. The number of hydrogen-bond acceptors (Lipinski definition) is 2. The minimum atomic E-state index is 0.0343. The molecule has 4 nitrogen and oxygen atoms in total. The van der Waals surface area contributed by atoms with E-state index in [0.717, 1.165) is 24.8 Å². The molecule has 0 spiro atoms. The van der Waals surface area contributed by atoms with E-state index in [2.05, 4.69) is 56.0 Å². The van der Waals surface area contributed by atoms with Gasteiger partial charge in [-0.15, -0.1) is 0 Å². The van der Waals surface area contributed by atoms with Gasteiger partial charge in [0.1, 0.15) is 0 Å². The van der Waals surface area contributed by atoms with Crippen LogP contribution in [0, 0.1) is 0 Å². The number of hydrogen-bond donors (Lipinski definition) is 2. The van der Waals surface area contributed by atoms with Crippen molar-refractivity contribution in [3.8, 4) is 0 Å². The number of para-hydroxylation sites is 1. The van der Waals surface area contributed by atoms with Gasteiger partial charge >= 0.3 is 0 Å². The number of thiophene rings is 1. The summed E-state index contributed by atoms with van der Waals surface area (Å²) in [5.74, 6) is 0.0985. The summed E-state index contributed by atoms with van der Waals surface area (Å²) in [5, 5.41) is 8.81. The molecule has 1 aliphatic rings. The number of benzene rings is 1. The smallest absolute Gasteiger partial charge is 0.222 e. The second kappa shape index (κ2) is 7.32. The van der Waals surface area contributed by atoms with Crippen molar-refractivity contribution >= 4 is 28.1 Å². The van der Waals surface area contributed by atoms with Crippen molar-refractivity contribution in [1.29, 1.82) is 0 Å². The summed E-state index contributed by atoms with van der Waals surface area (Å²) in [6, 6.07) is 14.7. The second-order valence-corrected chi connectivity index (χ2v) is 8.26. The van der Waals surface area contributed by atoms with Gasteiger partial charge in [0.2, 0.25) is 5.91 Å². The Morgan fingerprint density at radius 3 is 2.89 bits per heavy atom. The zero-order valence-electron chi connectivity index (χ0n) is 15.6. The third-order valence-electron chi connectivity index (χ3n) is 5.74. The van der Waals surface area contributed by atoms with Gasteiger partial charge in [-0.3, -0.25) is 4.79 Å². The van der Waals surface area contributed by atoms with Crippen LogP contribution < -0.4 is 5.32 Å². The molecular weight excluding hydrogens is 366 g/mol. The van der Waals surface area contributed by atoms with Gasteiger partial charge in [0.15, 0.2) is 0 Å². The minimum Gasteiger partial charge on any atom is -0.356 e. The van der Waals surface area contributed by atoms with Gasteiger partial charge in [-0.05, 0) is 65.4 Å². The molecule has 3 heterocycles. The molecule has 0 bridgehead atoms. The molecule has 2 N–H and O–H groups in total. The van der Waals surface area contributed by atoms with Crippen LogP contribution in [0.15, 0.2) is 65.6 Å². The fourth-order valence-corrected chi connectivity index (χ4v) is 5.11. The first-order valence-corrected chi connectivity index (χ1v) is 10.8. The number of H-pyrrole nitrogens is 1. The maximum absolute atomic E-state index is 13.0. The molecule has 0 aliphatic heterocycles. The van der Waals surface area contributed by atoms with E-state index in [1.807, 2.05) is 24.5 Å². The lowest BCUT2D eigenvalue weighted by Crippen LogP contribution is -2.32. The Balaban J connectivity index is 1.37. The summed E-state index contributed by atoms with van der Waals surface area (Å²) in [7, 11) is 0. The minimum absolute atomic E-state index is 0.0343. The highest BCUT2D eigenvalue weighted by atomic mass is 32.1. The highest BCUT2D eigenvalue weighted by Gasteiger charge is 2.26. The Bertz CT molecular complexity index is 1040. The van der Waals surface area contributed by atoms with Crippen molar-refractivity contribution in [1.82, 2.24) is 14.9 Å². The molecule has 0 radical (unpaired) electrons. The number of aromatic amines is 1.